The Morgan fingerprint density at radius 1 is 1.03 bits per heavy atom. The van der Waals surface area contributed by atoms with Crippen molar-refractivity contribution in [3.8, 4) is 5.75 Å². The molecule has 29 heavy (non-hydrogen) atoms. The van der Waals surface area contributed by atoms with Gasteiger partial charge in [-0.1, -0.05) is 23.2 Å². The van der Waals surface area contributed by atoms with Gasteiger partial charge < -0.3 is 14.5 Å². The lowest BCUT2D eigenvalue weighted by atomic mass is 10.3. The number of rotatable bonds is 6. The molecule has 2 aromatic carbocycles. The molecule has 1 amide bonds. The van der Waals surface area contributed by atoms with Gasteiger partial charge in [-0.3, -0.25) is 9.52 Å². The summed E-state index contributed by atoms with van der Waals surface area (Å²) in [6.45, 7) is 2.94. The Morgan fingerprint density at radius 2 is 1.62 bits per heavy atom. The van der Waals surface area contributed by atoms with E-state index in [0.29, 0.717) is 28.9 Å². The molecule has 0 aromatic heterocycles. The van der Waals surface area contributed by atoms with E-state index in [1.165, 1.54) is 42.5 Å². The number of piperazine rings is 1. The molecule has 1 N–H and O–H groups in total. The minimum atomic E-state index is -3.82. The Balaban J connectivity index is 1.59. The number of nitrogens with zero attached hydrogens (tertiary/aromatic N) is 2. The minimum Gasteiger partial charge on any atom is -0.484 e. The third-order valence-electron chi connectivity index (χ3n) is 4.47. The van der Waals surface area contributed by atoms with Crippen molar-refractivity contribution in [3.05, 3.63) is 52.5 Å². The monoisotopic (exact) mass is 457 g/mol. The van der Waals surface area contributed by atoms with Crippen LogP contribution in [0.1, 0.15) is 0 Å². The maximum absolute atomic E-state index is 12.5. The van der Waals surface area contributed by atoms with Crippen molar-refractivity contribution in [1.29, 1.82) is 0 Å². The van der Waals surface area contributed by atoms with Gasteiger partial charge in [0.15, 0.2) is 6.61 Å². The van der Waals surface area contributed by atoms with Gasteiger partial charge in [-0.25, -0.2) is 8.42 Å². The van der Waals surface area contributed by atoms with Gasteiger partial charge in [0, 0.05) is 36.2 Å². The van der Waals surface area contributed by atoms with Gasteiger partial charge >= 0.3 is 0 Å². The Bertz CT molecular complexity index is 955. The molecule has 1 fully saturated rings. The van der Waals surface area contributed by atoms with E-state index in [9.17, 15) is 13.2 Å². The summed E-state index contributed by atoms with van der Waals surface area (Å²) in [5.41, 5.74) is 0.264. The molecule has 0 unspecified atom stereocenters. The summed E-state index contributed by atoms with van der Waals surface area (Å²) in [7, 11) is -1.80. The van der Waals surface area contributed by atoms with Crippen LogP contribution in [0, 0.1) is 0 Å². The number of anilines is 1. The normalized spacial score (nSPS) is 15.2. The van der Waals surface area contributed by atoms with Crippen LogP contribution in [0.5, 0.6) is 5.75 Å². The second kappa shape index (κ2) is 9.21. The summed E-state index contributed by atoms with van der Waals surface area (Å²) in [6.07, 6.45) is 0. The SMILES string of the molecule is CN1CCN(C(=O)COc2ccc(S(=O)(=O)Nc3cc(Cl)cc(Cl)c3)cc2)CC1. The Morgan fingerprint density at radius 3 is 2.21 bits per heavy atom. The molecule has 0 spiro atoms. The van der Waals surface area contributed by atoms with Gasteiger partial charge in [-0.15, -0.1) is 0 Å². The summed E-state index contributed by atoms with van der Waals surface area (Å²) in [4.78, 5) is 16.2. The third kappa shape index (κ3) is 5.99. The van der Waals surface area contributed by atoms with E-state index in [0.717, 1.165) is 13.1 Å². The van der Waals surface area contributed by atoms with Gasteiger partial charge in [0.1, 0.15) is 5.75 Å². The minimum absolute atomic E-state index is 0.0475. The topological polar surface area (TPSA) is 79.0 Å². The highest BCUT2D eigenvalue weighted by Crippen LogP contribution is 2.25. The van der Waals surface area contributed by atoms with Crippen LogP contribution in [0.4, 0.5) is 5.69 Å². The molecule has 2 aromatic rings. The predicted octanol–water partition coefficient (Wildman–Crippen LogP) is 2.95. The van der Waals surface area contributed by atoms with Gasteiger partial charge in [0.2, 0.25) is 0 Å². The zero-order valence-corrected chi connectivity index (χ0v) is 18.1. The number of carbonyl (C=O) groups is 1. The molecule has 0 saturated carbocycles. The number of sulfonamides is 1. The number of hydrogen-bond donors (Lipinski definition) is 1. The van der Waals surface area contributed by atoms with Crippen LogP contribution in [-0.2, 0) is 14.8 Å². The quantitative estimate of drug-likeness (QED) is 0.720. The van der Waals surface area contributed by atoms with E-state index in [2.05, 4.69) is 9.62 Å². The molecule has 1 aliphatic rings. The first-order valence-corrected chi connectivity index (χ1v) is 11.1. The van der Waals surface area contributed by atoms with Crippen molar-refractivity contribution in [2.75, 3.05) is 44.6 Å². The van der Waals surface area contributed by atoms with Crippen LogP contribution >= 0.6 is 23.2 Å². The highest BCUT2D eigenvalue weighted by molar-refractivity contribution is 7.92. The third-order valence-corrected chi connectivity index (χ3v) is 6.30. The van der Waals surface area contributed by atoms with Crippen molar-refractivity contribution in [1.82, 2.24) is 9.80 Å². The Kier molecular flexibility index (Phi) is 6.89. The first-order valence-electron chi connectivity index (χ1n) is 8.91. The molecule has 0 radical (unpaired) electrons. The highest BCUT2D eigenvalue weighted by atomic mass is 35.5. The molecule has 7 nitrogen and oxygen atoms in total. The van der Waals surface area contributed by atoms with Crippen molar-refractivity contribution < 1.29 is 17.9 Å². The maximum Gasteiger partial charge on any atom is 0.261 e. The van der Waals surface area contributed by atoms with E-state index in [4.69, 9.17) is 27.9 Å². The van der Waals surface area contributed by atoms with Crippen LogP contribution in [0.25, 0.3) is 0 Å². The van der Waals surface area contributed by atoms with E-state index in [-0.39, 0.29) is 23.1 Å². The highest BCUT2D eigenvalue weighted by Gasteiger charge is 2.19. The number of halogens is 2. The van der Waals surface area contributed by atoms with E-state index in [1.54, 1.807) is 4.90 Å². The summed E-state index contributed by atoms with van der Waals surface area (Å²) in [5, 5.41) is 0.646. The second-order valence-electron chi connectivity index (χ2n) is 6.71. The average molecular weight is 458 g/mol. The smallest absolute Gasteiger partial charge is 0.261 e. The van der Waals surface area contributed by atoms with Gasteiger partial charge in [-0.2, -0.15) is 0 Å². The number of amides is 1. The summed E-state index contributed by atoms with van der Waals surface area (Å²) in [6, 6.07) is 10.3. The van der Waals surface area contributed by atoms with E-state index < -0.39 is 10.0 Å². The molecular formula is C19H21Cl2N3O4S. The van der Waals surface area contributed by atoms with Gasteiger partial charge in [0.25, 0.3) is 15.9 Å². The number of benzene rings is 2. The van der Waals surface area contributed by atoms with E-state index in [1.807, 2.05) is 7.05 Å². The molecule has 0 atom stereocenters. The van der Waals surface area contributed by atoms with Crippen LogP contribution in [0.2, 0.25) is 10.0 Å². The van der Waals surface area contributed by atoms with Gasteiger partial charge in [-0.05, 0) is 49.5 Å². The first-order chi connectivity index (χ1) is 13.7. The Hall–Kier alpha value is -2.00. The van der Waals surface area contributed by atoms with Crippen molar-refractivity contribution >= 4 is 44.8 Å². The number of carbonyl (C=O) groups excluding carboxylic acids is 1. The molecule has 1 heterocycles. The lowest BCUT2D eigenvalue weighted by Crippen LogP contribution is -2.48. The molecule has 0 bridgehead atoms. The first kappa shape index (κ1) is 21.7. The zero-order valence-electron chi connectivity index (χ0n) is 15.8. The van der Waals surface area contributed by atoms with Crippen LogP contribution in [-0.4, -0.2) is 64.0 Å². The summed E-state index contributed by atoms with van der Waals surface area (Å²) in [5.74, 6) is 0.325. The number of likely N-dealkylation sites (N-methyl/N-ethyl adjacent to an activating group) is 1. The van der Waals surface area contributed by atoms with Crippen LogP contribution in [0.15, 0.2) is 47.4 Å². The molecule has 3 rings (SSSR count). The summed E-state index contributed by atoms with van der Waals surface area (Å²) >= 11 is 11.8. The van der Waals surface area contributed by atoms with E-state index >= 15 is 0 Å². The maximum atomic E-state index is 12.5. The zero-order chi connectivity index (χ0) is 21.0. The molecule has 1 saturated heterocycles. The average Bonchev–Trinajstić information content (AvgIpc) is 2.66. The molecule has 0 aliphatic carbocycles. The van der Waals surface area contributed by atoms with Crippen molar-refractivity contribution in [2.24, 2.45) is 0 Å². The number of hydrogen-bond acceptors (Lipinski definition) is 5. The van der Waals surface area contributed by atoms with Gasteiger partial charge in [0.05, 0.1) is 10.6 Å². The molecule has 1 aliphatic heterocycles. The molecule has 10 heteroatoms. The fourth-order valence-electron chi connectivity index (χ4n) is 2.83. The Labute approximate surface area is 180 Å². The van der Waals surface area contributed by atoms with Crippen molar-refractivity contribution in [2.45, 2.75) is 4.90 Å². The summed E-state index contributed by atoms with van der Waals surface area (Å²) < 4.78 is 33.0. The number of nitrogens with one attached hydrogen (secondary N) is 1. The molecule has 156 valence electrons. The van der Waals surface area contributed by atoms with Crippen LogP contribution < -0.4 is 9.46 Å². The standard InChI is InChI=1S/C19H21Cl2N3O4S/c1-23-6-8-24(9-7-23)19(25)13-28-17-2-4-18(5-3-17)29(26,27)22-16-11-14(20)10-15(21)12-16/h2-5,10-12,22H,6-9,13H2,1H3. The molecular weight excluding hydrogens is 437 g/mol. The lowest BCUT2D eigenvalue weighted by Gasteiger charge is -2.32. The van der Waals surface area contributed by atoms with Crippen molar-refractivity contribution in [3.63, 3.8) is 0 Å². The largest absolute Gasteiger partial charge is 0.484 e. The fraction of sp³-hybridized carbons (Fsp3) is 0.316. The predicted molar refractivity (Wildman–Crippen MR) is 113 cm³/mol. The lowest BCUT2D eigenvalue weighted by molar-refractivity contribution is -0.134. The fourth-order valence-corrected chi connectivity index (χ4v) is 4.40. The second-order valence-corrected chi connectivity index (χ2v) is 9.26. The van der Waals surface area contributed by atoms with Crippen LogP contribution in [0.3, 0.4) is 0 Å². The number of ether oxygens (including phenoxy) is 1.